The lowest BCUT2D eigenvalue weighted by Gasteiger charge is -2.20. The number of benzene rings is 2. The molecular weight excluding hydrogens is 354 g/mol. The molecule has 1 aromatic heterocycles. The summed E-state index contributed by atoms with van der Waals surface area (Å²) >= 11 is 0. The van der Waals surface area contributed by atoms with Crippen molar-refractivity contribution in [2.75, 3.05) is 11.4 Å². The number of aromatic nitrogens is 2. The van der Waals surface area contributed by atoms with Crippen molar-refractivity contribution in [1.82, 2.24) is 9.13 Å². The fourth-order valence-electron chi connectivity index (χ4n) is 2.86. The second-order valence-electron chi connectivity index (χ2n) is 6.20. The van der Waals surface area contributed by atoms with Crippen LogP contribution >= 0.6 is 0 Å². The third kappa shape index (κ3) is 2.72. The number of aryl methyl sites for hydroxylation is 2. The zero-order chi connectivity index (χ0) is 19.2. The third-order valence-corrected chi connectivity index (χ3v) is 6.24. The van der Waals surface area contributed by atoms with Crippen LogP contribution in [-0.2, 0) is 24.1 Å². The van der Waals surface area contributed by atoms with Crippen LogP contribution < -0.4 is 15.6 Å². The van der Waals surface area contributed by atoms with Crippen molar-refractivity contribution in [2.24, 2.45) is 14.1 Å². The highest BCUT2D eigenvalue weighted by Gasteiger charge is 2.23. The number of nitrogens with zero attached hydrogens (tertiary/aromatic N) is 3. The fourth-order valence-corrected chi connectivity index (χ4v) is 4.07. The van der Waals surface area contributed by atoms with Crippen molar-refractivity contribution in [3.63, 3.8) is 0 Å². The summed E-state index contributed by atoms with van der Waals surface area (Å²) in [6.07, 6.45) is 0. The van der Waals surface area contributed by atoms with Gasteiger partial charge in [-0.1, -0.05) is 12.1 Å². The maximum Gasteiger partial charge on any atom is 0.330 e. The Labute approximate surface area is 150 Å². The first-order chi connectivity index (χ1) is 12.1. The molecule has 8 heteroatoms. The summed E-state index contributed by atoms with van der Waals surface area (Å²) in [6, 6.07) is 11.3. The first kappa shape index (κ1) is 17.9. The van der Waals surface area contributed by atoms with Gasteiger partial charge in [0.15, 0.2) is 0 Å². The van der Waals surface area contributed by atoms with Gasteiger partial charge in [-0.05, 0) is 42.8 Å². The molecule has 0 N–H and O–H groups in total. The Morgan fingerprint density at radius 3 is 2.31 bits per heavy atom. The highest BCUT2D eigenvalue weighted by atomic mass is 32.2. The monoisotopic (exact) mass is 373 g/mol. The predicted molar refractivity (Wildman–Crippen MR) is 101 cm³/mol. The van der Waals surface area contributed by atoms with Gasteiger partial charge in [0.25, 0.3) is 15.6 Å². The second-order valence-corrected chi connectivity index (χ2v) is 8.17. The van der Waals surface area contributed by atoms with Crippen molar-refractivity contribution in [2.45, 2.75) is 11.8 Å². The number of rotatable bonds is 3. The molecule has 0 amide bonds. The van der Waals surface area contributed by atoms with E-state index in [0.29, 0.717) is 11.2 Å². The van der Waals surface area contributed by atoms with E-state index in [4.69, 9.17) is 0 Å². The lowest BCUT2D eigenvalue weighted by molar-refractivity contribution is 0.594. The maximum atomic E-state index is 13.0. The summed E-state index contributed by atoms with van der Waals surface area (Å²) in [5, 5.41) is 0.174. The van der Waals surface area contributed by atoms with Crippen molar-refractivity contribution in [3.8, 4) is 0 Å². The molecule has 3 rings (SSSR count). The average Bonchev–Trinajstić information content (AvgIpc) is 2.63. The fraction of sp³-hybridized carbons (Fsp3) is 0.222. The molecule has 136 valence electrons. The molecule has 0 saturated carbocycles. The summed E-state index contributed by atoms with van der Waals surface area (Å²) in [5.74, 6) is 0. The van der Waals surface area contributed by atoms with E-state index in [1.165, 1.54) is 48.2 Å². The number of hydrogen-bond acceptors (Lipinski definition) is 4. The molecule has 0 atom stereocenters. The van der Waals surface area contributed by atoms with Gasteiger partial charge in [0, 0.05) is 21.1 Å². The van der Waals surface area contributed by atoms with Crippen molar-refractivity contribution in [1.29, 1.82) is 0 Å². The zero-order valence-electron chi connectivity index (χ0n) is 14.9. The number of anilines is 1. The topological polar surface area (TPSA) is 81.4 Å². The van der Waals surface area contributed by atoms with Gasteiger partial charge in [-0.25, -0.2) is 13.2 Å². The van der Waals surface area contributed by atoms with Crippen molar-refractivity contribution in [3.05, 3.63) is 68.9 Å². The molecule has 3 aromatic rings. The molecule has 0 aliphatic rings. The Kier molecular flexibility index (Phi) is 4.23. The number of sulfonamides is 1. The van der Waals surface area contributed by atoms with Gasteiger partial charge in [-0.2, -0.15) is 0 Å². The van der Waals surface area contributed by atoms with E-state index in [2.05, 4.69) is 0 Å². The second kappa shape index (κ2) is 6.14. The average molecular weight is 373 g/mol. The van der Waals surface area contributed by atoms with Crippen molar-refractivity contribution < 1.29 is 8.42 Å². The number of fused-ring (bicyclic) bond motifs is 1. The minimum Gasteiger partial charge on any atom is -0.296 e. The molecule has 0 radical (unpaired) electrons. The minimum absolute atomic E-state index is 0.00949. The quantitative estimate of drug-likeness (QED) is 0.694. The van der Waals surface area contributed by atoms with Crippen LogP contribution in [-0.4, -0.2) is 24.6 Å². The molecule has 0 fully saturated rings. The Hall–Kier alpha value is -2.87. The van der Waals surface area contributed by atoms with E-state index >= 15 is 0 Å². The first-order valence-electron chi connectivity index (χ1n) is 7.90. The summed E-state index contributed by atoms with van der Waals surface area (Å²) in [4.78, 5) is 24.4. The molecule has 0 spiro atoms. The molecule has 0 saturated heterocycles. The molecule has 2 aromatic carbocycles. The van der Waals surface area contributed by atoms with E-state index in [1.54, 1.807) is 18.2 Å². The predicted octanol–water partition coefficient (Wildman–Crippen LogP) is 1.37. The SMILES string of the molecule is Cc1cccc(N(C)S(=O)(=O)c2ccc3c(c2)c(=O)n(C)c(=O)n3C)c1. The van der Waals surface area contributed by atoms with Crippen molar-refractivity contribution >= 4 is 26.6 Å². The van der Waals surface area contributed by atoms with Crippen LogP contribution in [0.3, 0.4) is 0 Å². The molecule has 0 aliphatic heterocycles. The van der Waals surface area contributed by atoms with Gasteiger partial charge in [-0.15, -0.1) is 0 Å². The van der Waals surface area contributed by atoms with Crippen LogP contribution in [0.25, 0.3) is 10.9 Å². The van der Waals surface area contributed by atoms with Crippen LogP contribution in [0.4, 0.5) is 5.69 Å². The van der Waals surface area contributed by atoms with Crippen LogP contribution in [0.1, 0.15) is 5.56 Å². The highest BCUT2D eigenvalue weighted by Crippen LogP contribution is 2.24. The van der Waals surface area contributed by atoms with E-state index in [0.717, 1.165) is 10.1 Å². The molecule has 0 unspecified atom stereocenters. The van der Waals surface area contributed by atoms with Crippen LogP contribution in [0.15, 0.2) is 56.9 Å². The molecule has 26 heavy (non-hydrogen) atoms. The van der Waals surface area contributed by atoms with Gasteiger partial charge in [-0.3, -0.25) is 18.2 Å². The van der Waals surface area contributed by atoms with E-state index in [-0.39, 0.29) is 10.3 Å². The van der Waals surface area contributed by atoms with Gasteiger partial charge >= 0.3 is 5.69 Å². The summed E-state index contributed by atoms with van der Waals surface area (Å²) in [7, 11) is 0.514. The van der Waals surface area contributed by atoms with Gasteiger partial charge in [0.2, 0.25) is 0 Å². The van der Waals surface area contributed by atoms with E-state index in [1.807, 2.05) is 13.0 Å². The van der Waals surface area contributed by atoms with E-state index in [9.17, 15) is 18.0 Å². The van der Waals surface area contributed by atoms with Gasteiger partial charge in [0.1, 0.15) is 0 Å². The Bertz CT molecular complexity index is 1240. The first-order valence-corrected chi connectivity index (χ1v) is 9.34. The number of hydrogen-bond donors (Lipinski definition) is 0. The van der Waals surface area contributed by atoms with E-state index < -0.39 is 21.3 Å². The molecule has 0 bridgehead atoms. The third-order valence-electron chi connectivity index (χ3n) is 4.46. The summed E-state index contributed by atoms with van der Waals surface area (Å²) in [5.41, 5.74) is 0.856. The standard InChI is InChI=1S/C18H19N3O4S/c1-12-6-5-7-13(10-12)21(4)26(24,25)14-8-9-16-15(11-14)17(22)20(3)18(23)19(16)2/h5-11H,1-4H3. The highest BCUT2D eigenvalue weighted by molar-refractivity contribution is 7.92. The van der Waals surface area contributed by atoms with Crippen LogP contribution in [0.2, 0.25) is 0 Å². The Morgan fingerprint density at radius 1 is 0.962 bits per heavy atom. The molecule has 1 heterocycles. The normalized spacial score (nSPS) is 11.7. The summed E-state index contributed by atoms with van der Waals surface area (Å²) in [6.45, 7) is 1.88. The maximum absolute atomic E-state index is 13.0. The summed E-state index contributed by atoms with van der Waals surface area (Å²) < 4.78 is 29.4. The van der Waals surface area contributed by atoms with Crippen LogP contribution in [0.5, 0.6) is 0 Å². The van der Waals surface area contributed by atoms with Gasteiger partial charge in [0.05, 0.1) is 21.5 Å². The largest absolute Gasteiger partial charge is 0.330 e. The Balaban J connectivity index is 2.22. The van der Waals surface area contributed by atoms with Crippen LogP contribution in [0, 0.1) is 6.92 Å². The van der Waals surface area contributed by atoms with Gasteiger partial charge < -0.3 is 0 Å². The zero-order valence-corrected chi connectivity index (χ0v) is 15.7. The lowest BCUT2D eigenvalue weighted by Crippen LogP contribution is -2.37. The lowest BCUT2D eigenvalue weighted by atomic mass is 10.2. The molecular formula is C18H19N3O4S. The minimum atomic E-state index is -3.86. The molecule has 0 aliphatic carbocycles. The smallest absolute Gasteiger partial charge is 0.296 e. The Morgan fingerprint density at radius 2 is 1.65 bits per heavy atom. The molecule has 7 nitrogen and oxygen atoms in total.